The van der Waals surface area contributed by atoms with Gasteiger partial charge in [-0.1, -0.05) is 6.07 Å². The van der Waals surface area contributed by atoms with Crippen LogP contribution in [0.4, 0.5) is 19.0 Å². The minimum Gasteiger partial charge on any atom is -0.475 e. The van der Waals surface area contributed by atoms with Crippen molar-refractivity contribution in [3.63, 3.8) is 0 Å². The van der Waals surface area contributed by atoms with Gasteiger partial charge in [-0.2, -0.15) is 13.2 Å². The van der Waals surface area contributed by atoms with Crippen LogP contribution in [0.2, 0.25) is 0 Å². The number of aliphatic carboxylic acids is 1. The zero-order valence-corrected chi connectivity index (χ0v) is 15.4. The lowest BCUT2D eigenvalue weighted by atomic mass is 9.78. The van der Waals surface area contributed by atoms with Crippen molar-refractivity contribution in [1.29, 1.82) is 0 Å². The van der Waals surface area contributed by atoms with E-state index in [1.165, 1.54) is 0 Å². The first-order chi connectivity index (χ1) is 12.6. The highest BCUT2D eigenvalue weighted by Crippen LogP contribution is 2.40. The van der Waals surface area contributed by atoms with E-state index in [-0.39, 0.29) is 5.41 Å². The molecule has 9 heteroatoms. The van der Waals surface area contributed by atoms with Gasteiger partial charge < -0.3 is 14.9 Å². The number of pyridine rings is 1. The molecular formula is C18H24F3N3O3. The van der Waals surface area contributed by atoms with Gasteiger partial charge in [-0.3, -0.25) is 4.79 Å². The number of anilines is 1. The van der Waals surface area contributed by atoms with Gasteiger partial charge >= 0.3 is 12.1 Å². The third kappa shape index (κ3) is 4.90. The van der Waals surface area contributed by atoms with Crippen LogP contribution in [0.1, 0.15) is 31.9 Å². The average Bonchev–Trinajstić information content (AvgIpc) is 2.90. The fraction of sp³-hybridized carbons (Fsp3) is 0.611. The molecule has 0 aliphatic carbocycles. The highest BCUT2D eigenvalue weighted by Gasteiger charge is 2.48. The molecule has 1 atom stereocenters. The fourth-order valence-corrected chi connectivity index (χ4v) is 3.61. The quantitative estimate of drug-likeness (QED) is 0.845. The van der Waals surface area contributed by atoms with Crippen LogP contribution in [-0.2, 0) is 9.59 Å². The lowest BCUT2D eigenvalue weighted by Crippen LogP contribution is -2.48. The zero-order valence-electron chi connectivity index (χ0n) is 15.4. The number of hydrogen-bond donors (Lipinski definition) is 1. The van der Waals surface area contributed by atoms with E-state index in [0.29, 0.717) is 5.91 Å². The third-order valence-electron chi connectivity index (χ3n) is 5.00. The first-order valence-electron chi connectivity index (χ1n) is 8.87. The maximum absolute atomic E-state index is 12.6. The molecule has 3 rings (SSSR count). The molecule has 0 saturated carbocycles. The number of halogens is 3. The van der Waals surface area contributed by atoms with Gasteiger partial charge in [-0.05, 0) is 45.2 Å². The molecule has 1 N–H and O–H groups in total. The summed E-state index contributed by atoms with van der Waals surface area (Å²) in [6.07, 6.45) is -1.97. The number of carboxylic acid groups (broad SMARTS) is 1. The normalized spacial score (nSPS) is 22.6. The molecule has 2 saturated heterocycles. The zero-order chi connectivity index (χ0) is 20.2. The Bertz CT molecular complexity index is 696. The van der Waals surface area contributed by atoms with Gasteiger partial charge in [-0.25, -0.2) is 9.78 Å². The molecule has 2 fully saturated rings. The number of nitrogens with zero attached hydrogens (tertiary/aromatic N) is 3. The van der Waals surface area contributed by atoms with Crippen LogP contribution < -0.4 is 4.90 Å². The summed E-state index contributed by atoms with van der Waals surface area (Å²) in [4.78, 5) is 30.5. The number of alkyl halides is 3. The molecule has 0 aromatic carbocycles. The Kier molecular flexibility index (Phi) is 6.33. The molecule has 150 valence electrons. The van der Waals surface area contributed by atoms with Crippen molar-refractivity contribution in [3.05, 3.63) is 23.9 Å². The van der Waals surface area contributed by atoms with Crippen LogP contribution in [0.5, 0.6) is 0 Å². The Morgan fingerprint density at radius 1 is 1.30 bits per heavy atom. The van der Waals surface area contributed by atoms with Gasteiger partial charge in [0.1, 0.15) is 5.82 Å². The topological polar surface area (TPSA) is 73.7 Å². The van der Waals surface area contributed by atoms with Crippen molar-refractivity contribution < 1.29 is 27.9 Å². The Labute approximate surface area is 156 Å². The molecule has 6 nitrogen and oxygen atoms in total. The van der Waals surface area contributed by atoms with Crippen molar-refractivity contribution in [3.8, 4) is 0 Å². The maximum atomic E-state index is 12.6. The number of amides is 1. The highest BCUT2D eigenvalue weighted by atomic mass is 19.4. The second kappa shape index (κ2) is 8.14. The lowest BCUT2D eigenvalue weighted by molar-refractivity contribution is -0.192. The molecule has 2 aliphatic rings. The van der Waals surface area contributed by atoms with Gasteiger partial charge in [0.15, 0.2) is 0 Å². The van der Waals surface area contributed by atoms with E-state index in [1.807, 2.05) is 24.0 Å². The SMILES string of the molecule is CCN1CCC2(CCCN(c3cccc(C)n3)C2)C1=O.O=C(O)C(F)(F)F. The monoisotopic (exact) mass is 387 g/mol. The number of piperidine rings is 1. The number of hydrogen-bond acceptors (Lipinski definition) is 4. The molecule has 1 aromatic rings. The van der Waals surface area contributed by atoms with Crippen LogP contribution in [0.25, 0.3) is 0 Å². The number of aryl methyl sites for hydroxylation is 1. The summed E-state index contributed by atoms with van der Waals surface area (Å²) < 4.78 is 31.7. The highest BCUT2D eigenvalue weighted by molar-refractivity contribution is 5.85. The summed E-state index contributed by atoms with van der Waals surface area (Å²) >= 11 is 0. The first-order valence-corrected chi connectivity index (χ1v) is 8.87. The van der Waals surface area contributed by atoms with E-state index in [0.717, 1.165) is 57.0 Å². The summed E-state index contributed by atoms with van der Waals surface area (Å²) in [5, 5.41) is 7.12. The van der Waals surface area contributed by atoms with Crippen LogP contribution >= 0.6 is 0 Å². The summed E-state index contributed by atoms with van der Waals surface area (Å²) in [7, 11) is 0. The van der Waals surface area contributed by atoms with Gasteiger partial charge in [0.2, 0.25) is 5.91 Å². The molecule has 1 unspecified atom stereocenters. The van der Waals surface area contributed by atoms with Gasteiger partial charge in [-0.15, -0.1) is 0 Å². The maximum Gasteiger partial charge on any atom is 0.490 e. The van der Waals surface area contributed by atoms with E-state index < -0.39 is 12.1 Å². The molecule has 0 bridgehead atoms. The molecule has 1 amide bonds. The molecule has 1 spiro atoms. The predicted octanol–water partition coefficient (Wildman–Crippen LogP) is 2.86. The van der Waals surface area contributed by atoms with Crippen LogP contribution in [0, 0.1) is 12.3 Å². The predicted molar refractivity (Wildman–Crippen MR) is 93.4 cm³/mol. The first kappa shape index (κ1) is 21.0. The summed E-state index contributed by atoms with van der Waals surface area (Å²) in [6.45, 7) is 7.69. The van der Waals surface area contributed by atoms with E-state index in [1.54, 1.807) is 0 Å². The minimum atomic E-state index is -5.08. The van der Waals surface area contributed by atoms with Crippen molar-refractivity contribution in [2.45, 2.75) is 39.3 Å². The van der Waals surface area contributed by atoms with Crippen LogP contribution in [0.15, 0.2) is 18.2 Å². The summed E-state index contributed by atoms with van der Waals surface area (Å²) in [5.74, 6) is -1.38. The van der Waals surface area contributed by atoms with Gasteiger partial charge in [0.25, 0.3) is 0 Å². The van der Waals surface area contributed by atoms with Crippen molar-refractivity contribution in [2.75, 3.05) is 31.1 Å². The van der Waals surface area contributed by atoms with Crippen LogP contribution in [0.3, 0.4) is 0 Å². The van der Waals surface area contributed by atoms with Crippen molar-refractivity contribution in [2.24, 2.45) is 5.41 Å². The lowest BCUT2D eigenvalue weighted by Gasteiger charge is -2.39. The third-order valence-corrected chi connectivity index (χ3v) is 5.00. The van der Waals surface area contributed by atoms with E-state index in [4.69, 9.17) is 9.90 Å². The number of carbonyl (C=O) groups excluding carboxylic acids is 1. The second-order valence-corrected chi connectivity index (χ2v) is 6.88. The molecule has 1 aromatic heterocycles. The Hall–Kier alpha value is -2.32. The minimum absolute atomic E-state index is 0.153. The van der Waals surface area contributed by atoms with E-state index in [2.05, 4.69) is 22.9 Å². The molecule has 2 aliphatic heterocycles. The van der Waals surface area contributed by atoms with E-state index in [9.17, 15) is 18.0 Å². The smallest absolute Gasteiger partial charge is 0.475 e. The molecular weight excluding hydrogens is 363 g/mol. The van der Waals surface area contributed by atoms with E-state index >= 15 is 0 Å². The number of carbonyl (C=O) groups is 2. The summed E-state index contributed by atoms with van der Waals surface area (Å²) in [5.41, 5.74) is 0.884. The Balaban J connectivity index is 0.000000321. The Morgan fingerprint density at radius 2 is 1.96 bits per heavy atom. The number of rotatable bonds is 2. The fourth-order valence-electron chi connectivity index (χ4n) is 3.61. The van der Waals surface area contributed by atoms with Gasteiger partial charge in [0, 0.05) is 31.9 Å². The van der Waals surface area contributed by atoms with Gasteiger partial charge in [0.05, 0.1) is 5.41 Å². The number of carboxylic acids is 1. The average molecular weight is 387 g/mol. The summed E-state index contributed by atoms with van der Waals surface area (Å²) in [6, 6.07) is 6.12. The second-order valence-electron chi connectivity index (χ2n) is 6.88. The largest absolute Gasteiger partial charge is 0.490 e. The van der Waals surface area contributed by atoms with Crippen molar-refractivity contribution >= 4 is 17.7 Å². The Morgan fingerprint density at radius 3 is 2.48 bits per heavy atom. The molecule has 27 heavy (non-hydrogen) atoms. The standard InChI is InChI=1S/C16H23N3O.C2HF3O2/c1-3-18-11-9-16(15(18)20)8-5-10-19(12-16)14-7-4-6-13(2)17-14;3-2(4,5)1(6)7/h4,6-7H,3,5,8-12H2,1-2H3;(H,6,7). The van der Waals surface area contributed by atoms with Crippen LogP contribution in [-0.4, -0.2) is 59.2 Å². The molecule has 0 radical (unpaired) electrons. The number of aromatic nitrogens is 1. The van der Waals surface area contributed by atoms with Crippen molar-refractivity contribution in [1.82, 2.24) is 9.88 Å². The number of likely N-dealkylation sites (tertiary alicyclic amines) is 1. The molecule has 3 heterocycles.